The van der Waals surface area contributed by atoms with Crippen LogP contribution in [0.1, 0.15) is 37.4 Å². The van der Waals surface area contributed by atoms with Gasteiger partial charge >= 0.3 is 0 Å². The Morgan fingerprint density at radius 1 is 1.28 bits per heavy atom. The van der Waals surface area contributed by atoms with Gasteiger partial charge in [0.1, 0.15) is 0 Å². The normalized spacial score (nSPS) is 14.8. The van der Waals surface area contributed by atoms with E-state index in [1.807, 2.05) is 6.92 Å². The average molecular weight is 250 g/mol. The molecular formula is C15H26N2O. The maximum atomic E-state index is 8.98. The van der Waals surface area contributed by atoms with E-state index in [1.54, 1.807) is 0 Å². The molecule has 3 nitrogen and oxygen atoms in total. The van der Waals surface area contributed by atoms with Crippen LogP contribution < -0.4 is 5.73 Å². The van der Waals surface area contributed by atoms with E-state index in [4.69, 9.17) is 10.8 Å². The number of rotatable bonds is 7. The summed E-state index contributed by atoms with van der Waals surface area (Å²) in [5, 5.41) is 8.98. The van der Waals surface area contributed by atoms with Gasteiger partial charge in [-0.15, -0.1) is 0 Å². The summed E-state index contributed by atoms with van der Waals surface area (Å²) in [5.41, 5.74) is 8.67. The summed E-state index contributed by atoms with van der Waals surface area (Å²) >= 11 is 0. The van der Waals surface area contributed by atoms with Gasteiger partial charge in [0.05, 0.1) is 0 Å². The number of hydrogen-bond donors (Lipinski definition) is 2. The van der Waals surface area contributed by atoms with Gasteiger partial charge in [0.25, 0.3) is 0 Å². The van der Waals surface area contributed by atoms with Crippen molar-refractivity contribution < 1.29 is 5.11 Å². The van der Waals surface area contributed by atoms with Crippen molar-refractivity contribution in [2.75, 3.05) is 19.7 Å². The lowest BCUT2D eigenvalue weighted by atomic mass is 9.98. The number of aliphatic hydroxyl groups excluding tert-OH is 1. The molecule has 3 heteroatoms. The second-order valence-corrected chi connectivity index (χ2v) is 4.92. The van der Waals surface area contributed by atoms with Crippen LogP contribution in [0.5, 0.6) is 0 Å². The van der Waals surface area contributed by atoms with Crippen molar-refractivity contribution in [3.63, 3.8) is 0 Å². The van der Waals surface area contributed by atoms with Crippen molar-refractivity contribution in [2.45, 2.75) is 39.3 Å². The van der Waals surface area contributed by atoms with Gasteiger partial charge in [-0.05, 0) is 32.4 Å². The molecule has 0 aliphatic heterocycles. The van der Waals surface area contributed by atoms with E-state index >= 15 is 0 Å². The number of nitrogens with two attached hydrogens (primary N) is 1. The largest absolute Gasteiger partial charge is 0.396 e. The summed E-state index contributed by atoms with van der Waals surface area (Å²) in [6, 6.07) is 8.87. The van der Waals surface area contributed by atoms with Gasteiger partial charge in [-0.3, -0.25) is 4.90 Å². The van der Waals surface area contributed by atoms with Crippen LogP contribution in [0.3, 0.4) is 0 Å². The molecule has 0 aliphatic rings. The quantitative estimate of drug-likeness (QED) is 0.779. The fourth-order valence-electron chi connectivity index (χ4n) is 2.38. The van der Waals surface area contributed by atoms with Gasteiger partial charge in [0, 0.05) is 25.2 Å². The molecule has 102 valence electrons. The highest BCUT2D eigenvalue weighted by Gasteiger charge is 2.22. The second-order valence-electron chi connectivity index (χ2n) is 4.92. The van der Waals surface area contributed by atoms with Crippen LogP contribution in [-0.2, 0) is 0 Å². The molecule has 0 spiro atoms. The lowest BCUT2D eigenvalue weighted by Crippen LogP contribution is -2.40. The number of hydrogen-bond acceptors (Lipinski definition) is 3. The van der Waals surface area contributed by atoms with Gasteiger partial charge in [0.15, 0.2) is 0 Å². The molecule has 1 rings (SSSR count). The Labute approximate surface area is 111 Å². The van der Waals surface area contributed by atoms with Gasteiger partial charge in [-0.25, -0.2) is 0 Å². The lowest BCUT2D eigenvalue weighted by Gasteiger charge is -2.33. The molecule has 2 unspecified atom stereocenters. The maximum absolute atomic E-state index is 8.98. The van der Waals surface area contributed by atoms with Gasteiger partial charge in [-0.1, -0.05) is 36.8 Å². The van der Waals surface area contributed by atoms with Gasteiger partial charge in [-0.2, -0.15) is 0 Å². The van der Waals surface area contributed by atoms with Crippen LogP contribution in [0.15, 0.2) is 24.3 Å². The number of benzene rings is 1. The minimum Gasteiger partial charge on any atom is -0.396 e. The van der Waals surface area contributed by atoms with Gasteiger partial charge < -0.3 is 10.8 Å². The van der Waals surface area contributed by atoms with E-state index in [0.29, 0.717) is 0 Å². The van der Waals surface area contributed by atoms with Crippen LogP contribution in [-0.4, -0.2) is 35.7 Å². The Morgan fingerprint density at radius 2 is 1.89 bits per heavy atom. The summed E-state index contributed by atoms with van der Waals surface area (Å²) in [6.07, 6.45) is 0.795. The van der Waals surface area contributed by atoms with E-state index in [2.05, 4.69) is 43.0 Å². The van der Waals surface area contributed by atoms with Crippen molar-refractivity contribution in [3.8, 4) is 0 Å². The highest BCUT2D eigenvalue weighted by Crippen LogP contribution is 2.23. The Balaban J connectivity index is 2.89. The molecule has 3 N–H and O–H groups in total. The highest BCUT2D eigenvalue weighted by molar-refractivity contribution is 5.25. The van der Waals surface area contributed by atoms with Gasteiger partial charge in [0.2, 0.25) is 0 Å². The van der Waals surface area contributed by atoms with Crippen LogP contribution in [0.25, 0.3) is 0 Å². The SMILES string of the molecule is CCN(CCCO)C(c1ccc(C)cc1)C(C)N. The Morgan fingerprint density at radius 3 is 2.33 bits per heavy atom. The predicted octanol–water partition coefficient (Wildman–Crippen LogP) is 2.09. The fourth-order valence-corrected chi connectivity index (χ4v) is 2.38. The average Bonchev–Trinajstić information content (AvgIpc) is 2.35. The zero-order valence-electron chi connectivity index (χ0n) is 11.8. The summed E-state index contributed by atoms with van der Waals surface area (Å²) in [4.78, 5) is 2.34. The topological polar surface area (TPSA) is 49.5 Å². The zero-order valence-corrected chi connectivity index (χ0v) is 11.8. The van der Waals surface area contributed by atoms with Crippen LogP contribution in [0, 0.1) is 6.92 Å². The molecule has 0 fully saturated rings. The van der Waals surface area contributed by atoms with Crippen molar-refractivity contribution in [1.82, 2.24) is 4.90 Å². The minimum atomic E-state index is 0.0753. The monoisotopic (exact) mass is 250 g/mol. The first kappa shape index (κ1) is 15.2. The highest BCUT2D eigenvalue weighted by atomic mass is 16.3. The molecule has 0 aromatic heterocycles. The summed E-state index contributed by atoms with van der Waals surface area (Å²) in [6.45, 7) is 8.34. The molecule has 2 atom stereocenters. The Kier molecular flexibility index (Phi) is 6.33. The molecule has 0 saturated heterocycles. The first-order valence-corrected chi connectivity index (χ1v) is 6.77. The van der Waals surface area contributed by atoms with Crippen molar-refractivity contribution in [1.29, 1.82) is 0 Å². The summed E-state index contributed by atoms with van der Waals surface area (Å²) < 4.78 is 0. The third-order valence-electron chi connectivity index (χ3n) is 3.32. The second kappa shape index (κ2) is 7.52. The van der Waals surface area contributed by atoms with Crippen molar-refractivity contribution in [2.24, 2.45) is 5.73 Å². The van der Waals surface area contributed by atoms with E-state index in [0.717, 1.165) is 19.5 Å². The maximum Gasteiger partial charge on any atom is 0.0496 e. The minimum absolute atomic E-state index is 0.0753. The first-order chi connectivity index (χ1) is 8.60. The standard InChI is InChI=1S/C15H26N2O/c1-4-17(10-5-11-18)15(13(3)16)14-8-6-12(2)7-9-14/h6-9,13,15,18H,4-5,10-11,16H2,1-3H3. The predicted molar refractivity (Wildman–Crippen MR) is 76.5 cm³/mol. The molecule has 0 saturated carbocycles. The van der Waals surface area contributed by atoms with E-state index in [-0.39, 0.29) is 18.7 Å². The van der Waals surface area contributed by atoms with Crippen molar-refractivity contribution >= 4 is 0 Å². The van der Waals surface area contributed by atoms with Crippen LogP contribution in [0.2, 0.25) is 0 Å². The molecule has 0 amide bonds. The van der Waals surface area contributed by atoms with E-state index in [1.165, 1.54) is 11.1 Å². The smallest absolute Gasteiger partial charge is 0.0496 e. The molecule has 0 radical (unpaired) electrons. The molecule has 0 aliphatic carbocycles. The third kappa shape index (κ3) is 4.09. The summed E-state index contributed by atoms with van der Waals surface area (Å²) in [5.74, 6) is 0. The zero-order chi connectivity index (χ0) is 13.5. The van der Waals surface area contributed by atoms with E-state index in [9.17, 15) is 0 Å². The number of aliphatic hydroxyl groups is 1. The van der Waals surface area contributed by atoms with Crippen LogP contribution in [0.4, 0.5) is 0 Å². The lowest BCUT2D eigenvalue weighted by molar-refractivity contribution is 0.165. The molecule has 0 heterocycles. The molecule has 1 aromatic rings. The number of likely N-dealkylation sites (N-methyl/N-ethyl adjacent to an activating group) is 1. The third-order valence-corrected chi connectivity index (χ3v) is 3.32. The first-order valence-electron chi connectivity index (χ1n) is 6.77. The number of aryl methyl sites for hydroxylation is 1. The fraction of sp³-hybridized carbons (Fsp3) is 0.600. The number of nitrogens with zero attached hydrogens (tertiary/aromatic N) is 1. The van der Waals surface area contributed by atoms with Crippen LogP contribution >= 0.6 is 0 Å². The Hall–Kier alpha value is -0.900. The van der Waals surface area contributed by atoms with Crippen molar-refractivity contribution in [3.05, 3.63) is 35.4 Å². The molecule has 0 bridgehead atoms. The molecular weight excluding hydrogens is 224 g/mol. The molecule has 18 heavy (non-hydrogen) atoms. The van der Waals surface area contributed by atoms with E-state index < -0.39 is 0 Å². The molecule has 1 aromatic carbocycles. The summed E-state index contributed by atoms with van der Waals surface area (Å²) in [7, 11) is 0. The Bertz CT molecular complexity index is 335.